The molecule has 2 heterocycles. The average Bonchev–Trinajstić information content (AvgIpc) is 2.51. The summed E-state index contributed by atoms with van der Waals surface area (Å²) in [5.74, 6) is 0. The number of rotatable bonds is 2. The highest BCUT2D eigenvalue weighted by Crippen LogP contribution is 2.11. The van der Waals surface area contributed by atoms with Crippen LogP contribution in [0.2, 0.25) is 5.15 Å². The molecule has 0 radical (unpaired) electrons. The van der Waals surface area contributed by atoms with E-state index >= 15 is 0 Å². The normalized spacial score (nSPS) is 22.9. The first-order valence-electron chi connectivity index (χ1n) is 4.41. The molecule has 5 heteroatoms. The number of hydrogen-bond acceptors (Lipinski definition) is 4. The van der Waals surface area contributed by atoms with E-state index in [1.165, 1.54) is 0 Å². The SMILES string of the molecule is O[C@@H]1CON(Cc2cccc(Cl)n2)C1. The van der Waals surface area contributed by atoms with Crippen molar-refractivity contribution >= 4 is 11.6 Å². The quantitative estimate of drug-likeness (QED) is 0.742. The van der Waals surface area contributed by atoms with Gasteiger partial charge in [-0.25, -0.2) is 4.98 Å². The third-order valence-electron chi connectivity index (χ3n) is 1.98. The average molecular weight is 215 g/mol. The standard InChI is InChI=1S/C9H11ClN2O2/c10-9-3-1-2-7(11-9)4-12-5-8(13)6-14-12/h1-3,8,13H,4-6H2/t8-/m0/s1. The molecule has 1 aromatic heterocycles. The van der Waals surface area contributed by atoms with Crippen LogP contribution in [-0.4, -0.2) is 34.4 Å². The number of β-amino-alcohol motifs (C(OH)–C–C–N with tert-alkyl or cyclic N) is 1. The van der Waals surface area contributed by atoms with Crippen LogP contribution in [0, 0.1) is 0 Å². The van der Waals surface area contributed by atoms with Gasteiger partial charge in [0.05, 0.1) is 31.5 Å². The van der Waals surface area contributed by atoms with Crippen molar-refractivity contribution in [2.75, 3.05) is 13.2 Å². The lowest BCUT2D eigenvalue weighted by Crippen LogP contribution is -2.20. The van der Waals surface area contributed by atoms with Gasteiger partial charge in [0, 0.05) is 0 Å². The fraction of sp³-hybridized carbons (Fsp3) is 0.444. The first-order chi connectivity index (χ1) is 6.74. The second-order valence-corrected chi connectivity index (χ2v) is 3.61. The second-order valence-electron chi connectivity index (χ2n) is 3.22. The van der Waals surface area contributed by atoms with Crippen LogP contribution in [-0.2, 0) is 11.4 Å². The molecule has 1 saturated heterocycles. The summed E-state index contributed by atoms with van der Waals surface area (Å²) in [7, 11) is 0. The molecule has 1 aromatic rings. The van der Waals surface area contributed by atoms with Crippen molar-refractivity contribution < 1.29 is 9.94 Å². The molecule has 1 N–H and O–H groups in total. The molecule has 1 aliphatic heterocycles. The first-order valence-corrected chi connectivity index (χ1v) is 4.79. The molecule has 76 valence electrons. The predicted molar refractivity (Wildman–Crippen MR) is 51.6 cm³/mol. The molecular weight excluding hydrogens is 204 g/mol. The molecule has 0 amide bonds. The summed E-state index contributed by atoms with van der Waals surface area (Å²) in [6, 6.07) is 5.45. The van der Waals surface area contributed by atoms with E-state index in [-0.39, 0.29) is 0 Å². The molecular formula is C9H11ClN2O2. The van der Waals surface area contributed by atoms with Crippen molar-refractivity contribution in [2.45, 2.75) is 12.6 Å². The molecule has 0 spiro atoms. The van der Waals surface area contributed by atoms with Gasteiger partial charge in [0.15, 0.2) is 0 Å². The molecule has 1 aliphatic rings. The number of pyridine rings is 1. The van der Waals surface area contributed by atoms with Crippen LogP contribution >= 0.6 is 11.6 Å². The number of hydrogen-bond donors (Lipinski definition) is 1. The van der Waals surface area contributed by atoms with Crippen LogP contribution in [0.25, 0.3) is 0 Å². The number of aliphatic hydroxyl groups is 1. The van der Waals surface area contributed by atoms with E-state index in [9.17, 15) is 5.11 Å². The molecule has 0 saturated carbocycles. The Morgan fingerprint density at radius 2 is 2.50 bits per heavy atom. The van der Waals surface area contributed by atoms with E-state index < -0.39 is 6.10 Å². The smallest absolute Gasteiger partial charge is 0.129 e. The van der Waals surface area contributed by atoms with E-state index in [2.05, 4.69) is 4.98 Å². The predicted octanol–water partition coefficient (Wildman–Crippen LogP) is 0.843. The fourth-order valence-electron chi connectivity index (χ4n) is 1.36. The van der Waals surface area contributed by atoms with Crippen LogP contribution in [0.15, 0.2) is 18.2 Å². The zero-order valence-corrected chi connectivity index (χ0v) is 8.31. The number of aliphatic hydroxyl groups excluding tert-OH is 1. The summed E-state index contributed by atoms with van der Waals surface area (Å²) in [6.45, 7) is 1.44. The summed E-state index contributed by atoms with van der Waals surface area (Å²) < 4.78 is 0. The third kappa shape index (κ3) is 2.42. The van der Waals surface area contributed by atoms with Crippen LogP contribution in [0.3, 0.4) is 0 Å². The topological polar surface area (TPSA) is 45.6 Å². The van der Waals surface area contributed by atoms with E-state index in [0.717, 1.165) is 5.69 Å². The van der Waals surface area contributed by atoms with Gasteiger partial charge >= 0.3 is 0 Å². The van der Waals surface area contributed by atoms with E-state index in [4.69, 9.17) is 16.4 Å². The number of halogens is 1. The Morgan fingerprint density at radius 3 is 3.14 bits per heavy atom. The molecule has 0 unspecified atom stereocenters. The lowest BCUT2D eigenvalue weighted by Gasteiger charge is -2.12. The highest BCUT2D eigenvalue weighted by Gasteiger charge is 2.21. The lowest BCUT2D eigenvalue weighted by atomic mass is 10.3. The molecule has 0 aromatic carbocycles. The zero-order valence-electron chi connectivity index (χ0n) is 7.56. The van der Waals surface area contributed by atoms with Crippen LogP contribution < -0.4 is 0 Å². The van der Waals surface area contributed by atoms with Crippen molar-refractivity contribution in [2.24, 2.45) is 0 Å². The number of nitrogens with zero attached hydrogens (tertiary/aromatic N) is 2. The molecule has 0 bridgehead atoms. The largest absolute Gasteiger partial charge is 0.389 e. The van der Waals surface area contributed by atoms with Crippen LogP contribution in [0.4, 0.5) is 0 Å². The Balaban J connectivity index is 1.97. The summed E-state index contributed by atoms with van der Waals surface area (Å²) in [5.41, 5.74) is 0.839. The Labute approximate surface area is 87.0 Å². The van der Waals surface area contributed by atoms with E-state index in [1.807, 2.05) is 12.1 Å². The molecule has 0 aliphatic carbocycles. The van der Waals surface area contributed by atoms with Crippen LogP contribution in [0.1, 0.15) is 5.69 Å². The van der Waals surface area contributed by atoms with Gasteiger partial charge in [-0.1, -0.05) is 17.7 Å². The molecule has 14 heavy (non-hydrogen) atoms. The van der Waals surface area contributed by atoms with Gasteiger partial charge < -0.3 is 5.11 Å². The maximum Gasteiger partial charge on any atom is 0.129 e. The zero-order chi connectivity index (χ0) is 9.97. The second kappa shape index (κ2) is 4.23. The minimum Gasteiger partial charge on any atom is -0.389 e. The molecule has 4 nitrogen and oxygen atoms in total. The summed E-state index contributed by atoms with van der Waals surface area (Å²) in [6.07, 6.45) is -0.394. The summed E-state index contributed by atoms with van der Waals surface area (Å²) in [4.78, 5) is 9.33. The molecule has 2 rings (SSSR count). The van der Waals surface area contributed by atoms with Crippen molar-refractivity contribution in [3.05, 3.63) is 29.0 Å². The number of aromatic nitrogens is 1. The van der Waals surface area contributed by atoms with Gasteiger partial charge in [0.25, 0.3) is 0 Å². The van der Waals surface area contributed by atoms with Crippen molar-refractivity contribution in [1.82, 2.24) is 10.0 Å². The lowest BCUT2D eigenvalue weighted by molar-refractivity contribution is -0.118. The molecule has 1 atom stereocenters. The Hall–Kier alpha value is -0.680. The van der Waals surface area contributed by atoms with E-state index in [1.54, 1.807) is 11.1 Å². The van der Waals surface area contributed by atoms with Crippen LogP contribution in [0.5, 0.6) is 0 Å². The summed E-state index contributed by atoms with van der Waals surface area (Å²) >= 11 is 5.74. The molecule has 1 fully saturated rings. The van der Waals surface area contributed by atoms with Crippen molar-refractivity contribution in [3.63, 3.8) is 0 Å². The minimum atomic E-state index is -0.394. The van der Waals surface area contributed by atoms with Crippen molar-refractivity contribution in [3.8, 4) is 0 Å². The minimum absolute atomic E-state index is 0.362. The van der Waals surface area contributed by atoms with Gasteiger partial charge in [-0.2, -0.15) is 5.06 Å². The van der Waals surface area contributed by atoms with Gasteiger partial charge in [-0.15, -0.1) is 0 Å². The van der Waals surface area contributed by atoms with Gasteiger partial charge in [0.1, 0.15) is 5.15 Å². The van der Waals surface area contributed by atoms with Gasteiger partial charge in [-0.05, 0) is 12.1 Å². The highest BCUT2D eigenvalue weighted by atomic mass is 35.5. The highest BCUT2D eigenvalue weighted by molar-refractivity contribution is 6.29. The Kier molecular flexibility index (Phi) is 2.98. The third-order valence-corrected chi connectivity index (χ3v) is 2.19. The van der Waals surface area contributed by atoms with E-state index in [0.29, 0.717) is 24.8 Å². The number of hydroxylamine groups is 2. The first kappa shape index (κ1) is 9.86. The summed E-state index contributed by atoms with van der Waals surface area (Å²) in [5, 5.41) is 11.4. The Bertz CT molecular complexity index is 321. The van der Waals surface area contributed by atoms with Gasteiger partial charge in [-0.3, -0.25) is 4.84 Å². The maximum absolute atomic E-state index is 9.22. The monoisotopic (exact) mass is 214 g/mol. The van der Waals surface area contributed by atoms with Gasteiger partial charge in [0.2, 0.25) is 0 Å². The fourth-order valence-corrected chi connectivity index (χ4v) is 1.54. The maximum atomic E-state index is 9.22. The Morgan fingerprint density at radius 1 is 1.64 bits per heavy atom. The van der Waals surface area contributed by atoms with Crippen molar-refractivity contribution in [1.29, 1.82) is 0 Å².